The highest BCUT2D eigenvalue weighted by Crippen LogP contribution is 2.39. The van der Waals surface area contributed by atoms with Crippen molar-refractivity contribution in [3.63, 3.8) is 0 Å². The van der Waals surface area contributed by atoms with Crippen LogP contribution in [-0.4, -0.2) is 34.1 Å². The molecule has 4 rings (SSSR count). The molecular weight excluding hydrogens is 484 g/mol. The molecule has 0 unspecified atom stereocenters. The topological polar surface area (TPSA) is 79.7 Å². The summed E-state index contributed by atoms with van der Waals surface area (Å²) in [5.41, 5.74) is 0.310. The Kier molecular flexibility index (Phi) is 8.59. The van der Waals surface area contributed by atoms with Gasteiger partial charge in [0, 0.05) is 23.6 Å². The van der Waals surface area contributed by atoms with Crippen molar-refractivity contribution >= 4 is 28.9 Å². The number of rotatable bonds is 6. The Bertz CT molecular complexity index is 1140. The summed E-state index contributed by atoms with van der Waals surface area (Å²) < 4.78 is 6.13. The van der Waals surface area contributed by atoms with Crippen LogP contribution in [0.4, 0.5) is 5.69 Å². The quantitative estimate of drug-likeness (QED) is 0.423. The van der Waals surface area contributed by atoms with Gasteiger partial charge in [-0.3, -0.25) is 9.78 Å². The van der Waals surface area contributed by atoms with Gasteiger partial charge in [-0.25, -0.2) is 4.79 Å². The van der Waals surface area contributed by atoms with Gasteiger partial charge in [-0.1, -0.05) is 18.8 Å². The van der Waals surface area contributed by atoms with Gasteiger partial charge in [-0.15, -0.1) is 11.3 Å². The van der Waals surface area contributed by atoms with E-state index in [1.54, 1.807) is 12.4 Å². The third-order valence-corrected chi connectivity index (χ3v) is 8.30. The van der Waals surface area contributed by atoms with E-state index in [4.69, 9.17) is 4.74 Å². The number of anilines is 1. The van der Waals surface area contributed by atoms with Crippen molar-refractivity contribution in [1.29, 1.82) is 0 Å². The number of amides is 1. The normalized spacial score (nSPS) is 24.0. The number of carboxylic acid groups (broad SMARTS) is 1. The van der Waals surface area contributed by atoms with E-state index in [1.807, 2.05) is 43.9 Å². The minimum absolute atomic E-state index is 0.0579. The maximum Gasteiger partial charge on any atom is 0.348 e. The predicted octanol–water partition coefficient (Wildman–Crippen LogP) is 6.79. The second-order valence-corrected chi connectivity index (χ2v) is 12.6. The molecule has 7 heteroatoms. The van der Waals surface area contributed by atoms with Gasteiger partial charge in [0.25, 0.3) is 0 Å². The molecule has 0 atom stereocenters. The SMILES string of the molecule is CC1CCC(C(=O)N(c2cc(C#CC(C)(C)C)sc2C(=O)O)[C@H]2CC[C@H](Oc3cccnc3)CC2)CC1. The first-order valence-electron chi connectivity index (χ1n) is 13.4. The largest absolute Gasteiger partial charge is 0.489 e. The van der Waals surface area contributed by atoms with Gasteiger partial charge >= 0.3 is 5.97 Å². The molecule has 2 heterocycles. The Morgan fingerprint density at radius 3 is 2.41 bits per heavy atom. The molecule has 0 radical (unpaired) electrons. The fourth-order valence-electron chi connectivity index (χ4n) is 5.25. The Balaban J connectivity index is 1.61. The van der Waals surface area contributed by atoms with E-state index in [-0.39, 0.29) is 34.3 Å². The number of carbonyl (C=O) groups is 2. The van der Waals surface area contributed by atoms with Crippen molar-refractivity contribution in [2.24, 2.45) is 17.3 Å². The van der Waals surface area contributed by atoms with E-state index in [2.05, 4.69) is 23.7 Å². The van der Waals surface area contributed by atoms with Crippen LogP contribution in [0.15, 0.2) is 30.6 Å². The Morgan fingerprint density at radius 1 is 1.11 bits per heavy atom. The van der Waals surface area contributed by atoms with Crippen LogP contribution in [0.2, 0.25) is 0 Å². The third kappa shape index (κ3) is 7.13. The van der Waals surface area contributed by atoms with Gasteiger partial charge in [0.15, 0.2) is 0 Å². The number of hydrogen-bond acceptors (Lipinski definition) is 5. The van der Waals surface area contributed by atoms with Crippen molar-refractivity contribution in [3.05, 3.63) is 40.3 Å². The number of carboxylic acids is 1. The van der Waals surface area contributed by atoms with E-state index < -0.39 is 5.97 Å². The molecule has 0 saturated heterocycles. The second kappa shape index (κ2) is 11.7. The van der Waals surface area contributed by atoms with Crippen LogP contribution in [0.3, 0.4) is 0 Å². The Morgan fingerprint density at radius 2 is 1.81 bits per heavy atom. The maximum atomic E-state index is 14.0. The minimum Gasteiger partial charge on any atom is -0.489 e. The van der Waals surface area contributed by atoms with Crippen molar-refractivity contribution in [3.8, 4) is 17.6 Å². The van der Waals surface area contributed by atoms with Gasteiger partial charge in [0.1, 0.15) is 10.6 Å². The van der Waals surface area contributed by atoms with Crippen LogP contribution in [0.25, 0.3) is 0 Å². The summed E-state index contributed by atoms with van der Waals surface area (Å²) in [7, 11) is 0. The van der Waals surface area contributed by atoms with E-state index >= 15 is 0 Å². The molecule has 2 aliphatic rings. The van der Waals surface area contributed by atoms with Crippen LogP contribution >= 0.6 is 11.3 Å². The fourth-order valence-corrected chi connectivity index (χ4v) is 6.10. The minimum atomic E-state index is -1.01. The molecule has 1 N–H and O–H groups in total. The lowest BCUT2D eigenvalue weighted by Crippen LogP contribution is -2.47. The van der Waals surface area contributed by atoms with E-state index in [0.29, 0.717) is 16.5 Å². The molecule has 0 spiro atoms. The molecule has 6 nitrogen and oxygen atoms in total. The average Bonchev–Trinajstić information content (AvgIpc) is 3.29. The first-order valence-corrected chi connectivity index (χ1v) is 14.2. The Labute approximate surface area is 224 Å². The van der Waals surface area contributed by atoms with Gasteiger partial charge < -0.3 is 14.7 Å². The molecule has 1 amide bonds. The van der Waals surface area contributed by atoms with Crippen LogP contribution in [0.5, 0.6) is 5.75 Å². The number of thiophene rings is 1. The molecule has 2 aromatic heterocycles. The van der Waals surface area contributed by atoms with Crippen molar-refractivity contribution in [2.45, 2.75) is 91.2 Å². The summed E-state index contributed by atoms with van der Waals surface area (Å²) in [6, 6.07) is 5.53. The summed E-state index contributed by atoms with van der Waals surface area (Å²) in [4.78, 5) is 33.2. The van der Waals surface area contributed by atoms with Crippen LogP contribution < -0.4 is 9.64 Å². The summed E-state index contributed by atoms with van der Waals surface area (Å²) in [6.07, 6.45) is 10.4. The van der Waals surface area contributed by atoms with E-state index in [9.17, 15) is 14.7 Å². The maximum absolute atomic E-state index is 14.0. The molecule has 0 aliphatic heterocycles. The molecule has 2 aliphatic carbocycles. The zero-order valence-corrected chi connectivity index (χ0v) is 23.1. The summed E-state index contributed by atoms with van der Waals surface area (Å²) in [5, 5.41) is 10.1. The molecule has 2 fully saturated rings. The van der Waals surface area contributed by atoms with Crippen molar-refractivity contribution < 1.29 is 19.4 Å². The lowest BCUT2D eigenvalue weighted by atomic mass is 9.81. The number of pyridine rings is 1. The molecule has 198 valence electrons. The zero-order valence-electron chi connectivity index (χ0n) is 22.3. The zero-order chi connectivity index (χ0) is 26.6. The molecule has 2 saturated carbocycles. The summed E-state index contributed by atoms with van der Waals surface area (Å²) in [5.74, 6) is 6.75. The molecule has 0 bridgehead atoms. The van der Waals surface area contributed by atoms with E-state index in [1.165, 1.54) is 11.3 Å². The van der Waals surface area contributed by atoms with Gasteiger partial charge in [0.2, 0.25) is 5.91 Å². The molecule has 2 aromatic rings. The molecule has 0 aromatic carbocycles. The standard InChI is InChI=1S/C30H38N2O4S/c1-20-7-9-21(10-8-20)28(33)32(22-11-13-23(14-12-22)36-24-6-5-17-31-19-24)26-18-25(15-16-30(2,3)4)37-27(26)29(34)35/h5-6,17-23H,7-14H2,1-4H3,(H,34,35)/t20?,21?,22-,23-. The van der Waals surface area contributed by atoms with E-state index in [0.717, 1.165) is 57.1 Å². The van der Waals surface area contributed by atoms with Gasteiger partial charge in [0.05, 0.1) is 22.9 Å². The number of aromatic nitrogens is 1. The van der Waals surface area contributed by atoms with Gasteiger partial charge in [-0.2, -0.15) is 0 Å². The average molecular weight is 523 g/mol. The number of ether oxygens (including phenoxy) is 1. The smallest absolute Gasteiger partial charge is 0.348 e. The first kappa shape index (κ1) is 27.2. The Hall–Kier alpha value is -2.85. The number of aromatic carboxylic acids is 1. The highest BCUT2D eigenvalue weighted by molar-refractivity contribution is 7.15. The number of nitrogens with zero attached hydrogens (tertiary/aromatic N) is 2. The van der Waals surface area contributed by atoms with Crippen LogP contribution in [0.1, 0.15) is 93.6 Å². The highest BCUT2D eigenvalue weighted by atomic mass is 32.1. The van der Waals surface area contributed by atoms with Crippen molar-refractivity contribution in [2.75, 3.05) is 4.90 Å². The van der Waals surface area contributed by atoms with Gasteiger partial charge in [-0.05, 0) is 96.3 Å². The molecule has 37 heavy (non-hydrogen) atoms. The second-order valence-electron chi connectivity index (χ2n) is 11.5. The van der Waals surface area contributed by atoms with Crippen molar-refractivity contribution in [1.82, 2.24) is 4.98 Å². The monoisotopic (exact) mass is 522 g/mol. The predicted molar refractivity (Wildman–Crippen MR) is 147 cm³/mol. The van der Waals surface area contributed by atoms with Crippen LogP contribution in [-0.2, 0) is 4.79 Å². The summed E-state index contributed by atoms with van der Waals surface area (Å²) in [6.45, 7) is 8.32. The first-order chi connectivity index (χ1) is 17.6. The lowest BCUT2D eigenvalue weighted by Gasteiger charge is -2.39. The molecular formula is C30H38N2O4S. The van der Waals surface area contributed by atoms with Crippen LogP contribution in [0, 0.1) is 29.1 Å². The third-order valence-electron chi connectivity index (χ3n) is 7.28. The highest BCUT2D eigenvalue weighted by Gasteiger charge is 2.37. The number of carbonyl (C=O) groups excluding carboxylic acids is 1. The fraction of sp³-hybridized carbons (Fsp3) is 0.567. The lowest BCUT2D eigenvalue weighted by molar-refractivity contribution is -0.124. The number of hydrogen-bond donors (Lipinski definition) is 1. The summed E-state index contributed by atoms with van der Waals surface area (Å²) >= 11 is 1.17.